The molecule has 1 aliphatic heterocycles. The van der Waals surface area contributed by atoms with E-state index in [0.717, 1.165) is 16.5 Å². The molecule has 1 aromatic heterocycles. The lowest BCUT2D eigenvalue weighted by atomic mass is 10.1. The molecule has 10 heteroatoms. The van der Waals surface area contributed by atoms with Crippen molar-refractivity contribution >= 4 is 38.5 Å². The Kier molecular flexibility index (Phi) is 6.85. The average molecular weight is 491 g/mol. The maximum absolute atomic E-state index is 13.1. The van der Waals surface area contributed by atoms with Gasteiger partial charge in [0.2, 0.25) is 10.0 Å². The third-order valence-electron chi connectivity index (χ3n) is 5.35. The predicted octanol–water partition coefficient (Wildman–Crippen LogP) is 3.58. The van der Waals surface area contributed by atoms with E-state index >= 15 is 0 Å². The fraction of sp³-hybridized carbons (Fsp3) is 0.304. The van der Waals surface area contributed by atoms with E-state index in [1.54, 1.807) is 0 Å². The molecule has 1 aliphatic rings. The zero-order valence-electron chi connectivity index (χ0n) is 18.2. The van der Waals surface area contributed by atoms with Crippen LogP contribution < -0.4 is 4.74 Å². The number of carbonyl (C=O) groups is 1. The van der Waals surface area contributed by atoms with Gasteiger partial charge in [-0.3, -0.25) is 0 Å². The SMILES string of the molecule is COc1ccc(C(=O)OCc2cc3ccc(C)cc3nc2Cl)cc1S(=O)(=O)N1CCOCC1. The first-order chi connectivity index (χ1) is 15.8. The van der Waals surface area contributed by atoms with Crippen molar-refractivity contribution in [3.63, 3.8) is 0 Å². The second kappa shape index (κ2) is 9.64. The molecule has 0 aliphatic carbocycles. The second-order valence-corrected chi connectivity index (χ2v) is 9.86. The van der Waals surface area contributed by atoms with Gasteiger partial charge >= 0.3 is 5.97 Å². The number of hydrogen-bond donors (Lipinski definition) is 0. The number of aromatic nitrogens is 1. The van der Waals surface area contributed by atoms with E-state index in [1.165, 1.54) is 29.6 Å². The summed E-state index contributed by atoms with van der Waals surface area (Å²) >= 11 is 6.28. The van der Waals surface area contributed by atoms with Gasteiger partial charge in [-0.05, 0) is 42.8 Å². The molecule has 0 bridgehead atoms. The Hall–Kier alpha value is -2.72. The summed E-state index contributed by atoms with van der Waals surface area (Å²) in [6.45, 7) is 2.94. The number of nitrogens with zero attached hydrogens (tertiary/aromatic N) is 2. The molecular formula is C23H23ClN2O6S. The third-order valence-corrected chi connectivity index (χ3v) is 7.59. The maximum atomic E-state index is 13.1. The number of hydrogen-bond acceptors (Lipinski definition) is 7. The summed E-state index contributed by atoms with van der Waals surface area (Å²) < 4.78 is 43.5. The van der Waals surface area contributed by atoms with Gasteiger partial charge in [-0.1, -0.05) is 23.7 Å². The van der Waals surface area contributed by atoms with E-state index in [0.29, 0.717) is 18.8 Å². The zero-order valence-corrected chi connectivity index (χ0v) is 19.8. The van der Waals surface area contributed by atoms with Gasteiger partial charge in [0.1, 0.15) is 22.4 Å². The van der Waals surface area contributed by atoms with Crippen molar-refractivity contribution in [1.82, 2.24) is 9.29 Å². The lowest BCUT2D eigenvalue weighted by molar-refractivity contribution is 0.0472. The molecule has 0 saturated carbocycles. The molecule has 0 atom stereocenters. The van der Waals surface area contributed by atoms with Crippen molar-refractivity contribution < 1.29 is 27.4 Å². The molecule has 0 spiro atoms. The molecule has 1 saturated heterocycles. The molecule has 4 rings (SSSR count). The fourth-order valence-corrected chi connectivity index (χ4v) is 5.35. The molecule has 3 aromatic rings. The quantitative estimate of drug-likeness (QED) is 0.385. The molecule has 0 radical (unpaired) electrons. The standard InChI is InChI=1S/C23H23ClN2O6S/c1-15-3-4-16-12-18(22(24)25-19(16)11-15)14-32-23(27)17-5-6-20(30-2)21(13-17)33(28,29)26-7-9-31-10-8-26/h3-6,11-13H,7-10,14H2,1-2H3. The Bertz CT molecular complexity index is 1310. The normalized spacial score (nSPS) is 14.9. The number of halogens is 1. The Labute approximate surface area is 197 Å². The number of rotatable bonds is 6. The number of morpholine rings is 1. The highest BCUT2D eigenvalue weighted by atomic mass is 35.5. The summed E-state index contributed by atoms with van der Waals surface area (Å²) in [5, 5.41) is 1.12. The van der Waals surface area contributed by atoms with E-state index in [1.807, 2.05) is 31.2 Å². The van der Waals surface area contributed by atoms with Crippen molar-refractivity contribution in [2.24, 2.45) is 0 Å². The number of ether oxygens (including phenoxy) is 3. The first-order valence-electron chi connectivity index (χ1n) is 10.3. The molecule has 8 nitrogen and oxygen atoms in total. The Morgan fingerprint density at radius 2 is 1.91 bits per heavy atom. The van der Waals surface area contributed by atoms with Crippen LogP contribution in [0.2, 0.25) is 5.15 Å². The summed E-state index contributed by atoms with van der Waals surface area (Å²) in [6.07, 6.45) is 0. The summed E-state index contributed by atoms with van der Waals surface area (Å²) in [5.74, 6) is -0.536. The summed E-state index contributed by atoms with van der Waals surface area (Å²) in [4.78, 5) is 17.0. The molecule has 0 N–H and O–H groups in total. The molecule has 33 heavy (non-hydrogen) atoms. The number of aryl methyl sites for hydroxylation is 1. The smallest absolute Gasteiger partial charge is 0.338 e. The Morgan fingerprint density at radius 1 is 1.15 bits per heavy atom. The number of esters is 1. The molecule has 1 fully saturated rings. The third kappa shape index (κ3) is 4.96. The second-order valence-electron chi connectivity index (χ2n) is 7.59. The van der Waals surface area contributed by atoms with Crippen LogP contribution >= 0.6 is 11.6 Å². The number of carbonyl (C=O) groups excluding carboxylic acids is 1. The van der Waals surface area contributed by atoms with Gasteiger partial charge in [-0.15, -0.1) is 0 Å². The molecule has 2 heterocycles. The van der Waals surface area contributed by atoms with Crippen LogP contribution in [0.15, 0.2) is 47.4 Å². The molecular weight excluding hydrogens is 468 g/mol. The molecule has 0 unspecified atom stereocenters. The fourth-order valence-electron chi connectivity index (χ4n) is 3.56. The van der Waals surface area contributed by atoms with Gasteiger partial charge in [-0.25, -0.2) is 18.2 Å². The minimum absolute atomic E-state index is 0.0862. The minimum Gasteiger partial charge on any atom is -0.495 e. The van der Waals surface area contributed by atoms with Crippen molar-refractivity contribution in [2.45, 2.75) is 18.4 Å². The van der Waals surface area contributed by atoms with Crippen LogP contribution in [0.4, 0.5) is 0 Å². The van der Waals surface area contributed by atoms with Crippen molar-refractivity contribution in [1.29, 1.82) is 0 Å². The molecule has 174 valence electrons. The van der Waals surface area contributed by atoms with Gasteiger partial charge in [0.05, 0.1) is 31.4 Å². The van der Waals surface area contributed by atoms with Crippen LogP contribution in [0.3, 0.4) is 0 Å². The van der Waals surface area contributed by atoms with Crippen LogP contribution in [0.1, 0.15) is 21.5 Å². The highest BCUT2D eigenvalue weighted by Gasteiger charge is 2.30. The predicted molar refractivity (Wildman–Crippen MR) is 123 cm³/mol. The zero-order chi connectivity index (χ0) is 23.6. The number of sulfonamides is 1. The number of methoxy groups -OCH3 is 1. The molecule has 2 aromatic carbocycles. The van der Waals surface area contributed by atoms with Gasteiger partial charge in [-0.2, -0.15) is 4.31 Å². The van der Waals surface area contributed by atoms with Crippen LogP contribution in [0.5, 0.6) is 5.75 Å². The first kappa shape index (κ1) is 23.4. The van der Waals surface area contributed by atoms with E-state index in [9.17, 15) is 13.2 Å². The Morgan fingerprint density at radius 3 is 2.64 bits per heavy atom. The van der Waals surface area contributed by atoms with Crippen LogP contribution in [0.25, 0.3) is 10.9 Å². The highest BCUT2D eigenvalue weighted by Crippen LogP contribution is 2.29. The van der Waals surface area contributed by atoms with Gasteiger partial charge in [0.15, 0.2) is 0 Å². The maximum Gasteiger partial charge on any atom is 0.338 e. The minimum atomic E-state index is -3.87. The van der Waals surface area contributed by atoms with Gasteiger partial charge in [0.25, 0.3) is 0 Å². The van der Waals surface area contributed by atoms with Crippen LogP contribution in [-0.2, 0) is 26.1 Å². The largest absolute Gasteiger partial charge is 0.495 e. The lowest BCUT2D eigenvalue weighted by Gasteiger charge is -2.26. The average Bonchev–Trinajstić information content (AvgIpc) is 2.82. The summed E-state index contributed by atoms with van der Waals surface area (Å²) in [6, 6.07) is 11.8. The van der Waals surface area contributed by atoms with Crippen LogP contribution in [0, 0.1) is 6.92 Å². The van der Waals surface area contributed by atoms with Gasteiger partial charge in [0, 0.05) is 24.0 Å². The summed E-state index contributed by atoms with van der Waals surface area (Å²) in [5.41, 5.74) is 2.45. The highest BCUT2D eigenvalue weighted by molar-refractivity contribution is 7.89. The first-order valence-corrected chi connectivity index (χ1v) is 12.1. The topological polar surface area (TPSA) is 95.0 Å². The monoisotopic (exact) mass is 490 g/mol. The van der Waals surface area contributed by atoms with E-state index in [2.05, 4.69) is 4.98 Å². The summed E-state index contributed by atoms with van der Waals surface area (Å²) in [7, 11) is -2.50. The Balaban J connectivity index is 1.56. The van der Waals surface area contributed by atoms with Crippen molar-refractivity contribution in [2.75, 3.05) is 33.4 Å². The number of pyridine rings is 1. The van der Waals surface area contributed by atoms with E-state index < -0.39 is 16.0 Å². The van der Waals surface area contributed by atoms with Crippen molar-refractivity contribution in [3.05, 3.63) is 64.3 Å². The molecule has 0 amide bonds. The van der Waals surface area contributed by atoms with Crippen LogP contribution in [-0.4, -0.2) is 57.1 Å². The van der Waals surface area contributed by atoms with E-state index in [4.69, 9.17) is 25.8 Å². The van der Waals surface area contributed by atoms with Gasteiger partial charge < -0.3 is 14.2 Å². The number of benzene rings is 2. The van der Waals surface area contributed by atoms with Crippen molar-refractivity contribution in [3.8, 4) is 5.75 Å². The van der Waals surface area contributed by atoms with E-state index in [-0.39, 0.29) is 41.1 Å². The lowest BCUT2D eigenvalue weighted by Crippen LogP contribution is -2.40. The number of fused-ring (bicyclic) bond motifs is 1.